The van der Waals surface area contributed by atoms with Crippen LogP contribution in [0.15, 0.2) is 12.1 Å². The Morgan fingerprint density at radius 3 is 2.58 bits per heavy atom. The molecule has 1 aliphatic rings. The zero-order chi connectivity index (χ0) is 13.8. The van der Waals surface area contributed by atoms with E-state index in [1.54, 1.807) is 0 Å². The molecule has 1 fully saturated rings. The molecule has 0 saturated carbocycles. The van der Waals surface area contributed by atoms with Crippen molar-refractivity contribution in [3.8, 4) is 5.75 Å². The third-order valence-electron chi connectivity index (χ3n) is 3.87. The van der Waals surface area contributed by atoms with E-state index in [0.717, 1.165) is 38.1 Å². The maximum absolute atomic E-state index is 6.10. The van der Waals surface area contributed by atoms with E-state index in [1.165, 1.54) is 5.56 Å². The van der Waals surface area contributed by atoms with Crippen LogP contribution in [0.4, 0.5) is 11.4 Å². The summed E-state index contributed by atoms with van der Waals surface area (Å²) in [7, 11) is 2.17. The Morgan fingerprint density at radius 1 is 1.26 bits per heavy atom. The first-order chi connectivity index (χ1) is 9.13. The number of hydrogen-bond acceptors (Lipinski definition) is 4. The van der Waals surface area contributed by atoms with E-state index in [-0.39, 0.29) is 0 Å². The maximum Gasteiger partial charge on any atom is 0.147 e. The Balaban J connectivity index is 2.25. The highest BCUT2D eigenvalue weighted by Gasteiger charge is 2.23. The van der Waals surface area contributed by atoms with Crippen LogP contribution >= 0.6 is 0 Å². The van der Waals surface area contributed by atoms with Gasteiger partial charge in [0.25, 0.3) is 0 Å². The van der Waals surface area contributed by atoms with E-state index in [2.05, 4.69) is 24.9 Å². The molecule has 0 aliphatic carbocycles. The molecule has 1 aromatic rings. The van der Waals surface area contributed by atoms with Gasteiger partial charge in [-0.05, 0) is 56.9 Å². The van der Waals surface area contributed by atoms with Crippen LogP contribution in [0.25, 0.3) is 0 Å². The van der Waals surface area contributed by atoms with Crippen LogP contribution in [-0.2, 0) is 0 Å². The molecule has 0 amide bonds. The number of hydrogen-bond donors (Lipinski definition) is 2. The number of nitrogens with two attached hydrogens (primary N) is 2. The van der Waals surface area contributed by atoms with Crippen LogP contribution in [0.2, 0.25) is 0 Å². The van der Waals surface area contributed by atoms with Gasteiger partial charge in [0, 0.05) is 0 Å². The predicted molar refractivity (Wildman–Crippen MR) is 80.5 cm³/mol. The van der Waals surface area contributed by atoms with Crippen molar-refractivity contribution >= 4 is 11.4 Å². The van der Waals surface area contributed by atoms with Crippen molar-refractivity contribution in [2.45, 2.75) is 32.1 Å². The van der Waals surface area contributed by atoms with Gasteiger partial charge in [0.2, 0.25) is 0 Å². The molecule has 0 radical (unpaired) electrons. The van der Waals surface area contributed by atoms with E-state index < -0.39 is 0 Å². The SMILES string of the molecule is CCCOc1c(C2CCN(C)CC2)ccc(N)c1N. The second kappa shape index (κ2) is 6.15. The molecule has 19 heavy (non-hydrogen) atoms. The minimum Gasteiger partial charge on any atom is -0.491 e. The van der Waals surface area contributed by atoms with Crippen molar-refractivity contribution in [2.24, 2.45) is 0 Å². The highest BCUT2D eigenvalue weighted by molar-refractivity contribution is 5.73. The van der Waals surface area contributed by atoms with E-state index in [9.17, 15) is 0 Å². The molecule has 106 valence electrons. The zero-order valence-electron chi connectivity index (χ0n) is 12.0. The molecule has 1 aromatic carbocycles. The molecule has 0 atom stereocenters. The minimum absolute atomic E-state index is 0.533. The maximum atomic E-state index is 6.10. The first-order valence-electron chi connectivity index (χ1n) is 7.12. The fraction of sp³-hybridized carbons (Fsp3) is 0.600. The summed E-state index contributed by atoms with van der Waals surface area (Å²) in [5.74, 6) is 1.35. The van der Waals surface area contributed by atoms with Crippen molar-refractivity contribution < 1.29 is 4.74 Å². The normalized spacial score (nSPS) is 17.6. The highest BCUT2D eigenvalue weighted by Crippen LogP contribution is 2.40. The number of ether oxygens (including phenoxy) is 1. The fourth-order valence-corrected chi connectivity index (χ4v) is 2.64. The molecule has 1 heterocycles. The number of piperidine rings is 1. The summed E-state index contributed by atoms with van der Waals surface area (Å²) in [6.07, 6.45) is 3.28. The standard InChI is InChI=1S/C15H25N3O/c1-3-10-19-15-12(4-5-13(16)14(15)17)11-6-8-18(2)9-7-11/h4-5,11H,3,6-10,16-17H2,1-2H3. The summed E-state index contributed by atoms with van der Waals surface area (Å²) in [6.45, 7) is 5.04. The number of nitrogen functional groups attached to an aromatic ring is 2. The monoisotopic (exact) mass is 263 g/mol. The Hall–Kier alpha value is -1.42. The highest BCUT2D eigenvalue weighted by atomic mass is 16.5. The number of anilines is 2. The second-order valence-corrected chi connectivity index (χ2v) is 5.41. The van der Waals surface area contributed by atoms with Gasteiger partial charge in [-0.15, -0.1) is 0 Å². The molecule has 0 aromatic heterocycles. The van der Waals surface area contributed by atoms with Gasteiger partial charge in [-0.1, -0.05) is 13.0 Å². The van der Waals surface area contributed by atoms with Gasteiger partial charge in [-0.2, -0.15) is 0 Å². The molecule has 4 heteroatoms. The fourth-order valence-electron chi connectivity index (χ4n) is 2.64. The predicted octanol–water partition coefficient (Wildman–Crippen LogP) is 2.45. The van der Waals surface area contributed by atoms with E-state index in [4.69, 9.17) is 16.2 Å². The van der Waals surface area contributed by atoms with Gasteiger partial charge < -0.3 is 21.1 Å². The van der Waals surface area contributed by atoms with Crippen LogP contribution in [0.3, 0.4) is 0 Å². The van der Waals surface area contributed by atoms with E-state index in [0.29, 0.717) is 23.9 Å². The molecular weight excluding hydrogens is 238 g/mol. The lowest BCUT2D eigenvalue weighted by Crippen LogP contribution is -2.29. The molecule has 0 spiro atoms. The lowest BCUT2D eigenvalue weighted by Gasteiger charge is -2.30. The largest absolute Gasteiger partial charge is 0.491 e. The van der Waals surface area contributed by atoms with Crippen molar-refractivity contribution in [2.75, 3.05) is 38.2 Å². The van der Waals surface area contributed by atoms with Crippen molar-refractivity contribution in [3.05, 3.63) is 17.7 Å². The quantitative estimate of drug-likeness (QED) is 0.819. The van der Waals surface area contributed by atoms with Gasteiger partial charge in [0.1, 0.15) is 5.75 Å². The summed E-state index contributed by atoms with van der Waals surface area (Å²) < 4.78 is 5.86. The Labute approximate surface area is 115 Å². The van der Waals surface area contributed by atoms with Crippen LogP contribution < -0.4 is 16.2 Å². The van der Waals surface area contributed by atoms with Crippen LogP contribution in [0.5, 0.6) is 5.75 Å². The first kappa shape index (κ1) is 14.0. The Morgan fingerprint density at radius 2 is 1.95 bits per heavy atom. The van der Waals surface area contributed by atoms with Gasteiger partial charge in [0.05, 0.1) is 18.0 Å². The zero-order valence-corrected chi connectivity index (χ0v) is 12.0. The third-order valence-corrected chi connectivity index (χ3v) is 3.87. The van der Waals surface area contributed by atoms with Crippen molar-refractivity contribution in [1.29, 1.82) is 0 Å². The molecule has 4 N–H and O–H groups in total. The second-order valence-electron chi connectivity index (χ2n) is 5.41. The van der Waals surface area contributed by atoms with Gasteiger partial charge in [-0.25, -0.2) is 0 Å². The average Bonchev–Trinajstić information content (AvgIpc) is 2.41. The van der Waals surface area contributed by atoms with Gasteiger partial charge in [-0.3, -0.25) is 0 Å². The van der Waals surface area contributed by atoms with Crippen molar-refractivity contribution in [3.63, 3.8) is 0 Å². The number of rotatable bonds is 4. The lowest BCUT2D eigenvalue weighted by molar-refractivity contribution is 0.249. The Bertz CT molecular complexity index is 426. The first-order valence-corrected chi connectivity index (χ1v) is 7.12. The molecule has 1 saturated heterocycles. The minimum atomic E-state index is 0.533. The molecule has 2 rings (SSSR count). The summed E-state index contributed by atoms with van der Waals surface area (Å²) in [5, 5.41) is 0. The van der Waals surface area contributed by atoms with Gasteiger partial charge >= 0.3 is 0 Å². The number of benzene rings is 1. The summed E-state index contributed by atoms with van der Waals surface area (Å²) in [6, 6.07) is 3.99. The molecule has 0 bridgehead atoms. The number of likely N-dealkylation sites (tertiary alicyclic amines) is 1. The van der Waals surface area contributed by atoms with E-state index in [1.807, 2.05) is 6.07 Å². The third kappa shape index (κ3) is 3.13. The number of nitrogens with zero attached hydrogens (tertiary/aromatic N) is 1. The lowest BCUT2D eigenvalue weighted by atomic mass is 9.88. The average molecular weight is 263 g/mol. The molecule has 1 aliphatic heterocycles. The van der Waals surface area contributed by atoms with Crippen molar-refractivity contribution in [1.82, 2.24) is 4.90 Å². The van der Waals surface area contributed by atoms with Gasteiger partial charge in [0.15, 0.2) is 0 Å². The smallest absolute Gasteiger partial charge is 0.147 e. The summed E-state index contributed by atoms with van der Waals surface area (Å²) in [4.78, 5) is 2.36. The topological polar surface area (TPSA) is 64.5 Å². The summed E-state index contributed by atoms with van der Waals surface area (Å²) in [5.41, 5.74) is 14.4. The Kier molecular flexibility index (Phi) is 4.53. The summed E-state index contributed by atoms with van der Waals surface area (Å²) >= 11 is 0. The van der Waals surface area contributed by atoms with Crippen LogP contribution in [0, 0.1) is 0 Å². The molecule has 4 nitrogen and oxygen atoms in total. The molecule has 0 unspecified atom stereocenters. The van der Waals surface area contributed by atoms with Crippen LogP contribution in [0.1, 0.15) is 37.7 Å². The van der Waals surface area contributed by atoms with Crippen LogP contribution in [-0.4, -0.2) is 31.6 Å². The van der Waals surface area contributed by atoms with E-state index >= 15 is 0 Å². The molecular formula is C15H25N3O.